The van der Waals surface area contributed by atoms with Gasteiger partial charge in [0.2, 0.25) is 0 Å². The van der Waals surface area contributed by atoms with Crippen LogP contribution < -0.4 is 5.32 Å². The van der Waals surface area contributed by atoms with Crippen LogP contribution in [-0.2, 0) is 0 Å². The summed E-state index contributed by atoms with van der Waals surface area (Å²) in [5, 5.41) is 13.6. The summed E-state index contributed by atoms with van der Waals surface area (Å²) in [5.41, 5.74) is -0.0519. The van der Waals surface area contributed by atoms with E-state index in [-0.39, 0.29) is 18.0 Å². The number of hydrogen-bond donors (Lipinski definition) is 2. The van der Waals surface area contributed by atoms with Crippen LogP contribution in [0, 0.1) is 11.7 Å². The minimum Gasteiger partial charge on any atom is -0.394 e. The first-order valence-electron chi connectivity index (χ1n) is 7.99. The third-order valence-corrected chi connectivity index (χ3v) is 5.87. The lowest BCUT2D eigenvalue weighted by atomic mass is 9.85. The molecule has 0 aromatic heterocycles. The second-order valence-corrected chi connectivity index (χ2v) is 7.58. The van der Waals surface area contributed by atoms with E-state index in [0.29, 0.717) is 12.0 Å². The van der Waals surface area contributed by atoms with Gasteiger partial charge in [0.1, 0.15) is 5.82 Å². The average Bonchev–Trinajstić information content (AvgIpc) is 3.20. The van der Waals surface area contributed by atoms with Crippen molar-refractivity contribution in [3.63, 3.8) is 0 Å². The van der Waals surface area contributed by atoms with Crippen LogP contribution in [0.1, 0.15) is 38.5 Å². The topological polar surface area (TPSA) is 32.3 Å². The summed E-state index contributed by atoms with van der Waals surface area (Å²) in [6.07, 6.45) is 7.09. The molecule has 0 amide bonds. The Labute approximate surface area is 130 Å². The van der Waals surface area contributed by atoms with E-state index in [2.05, 4.69) is 5.32 Å². The fraction of sp³-hybridized carbons (Fsp3) is 0.647. The van der Waals surface area contributed by atoms with Gasteiger partial charge in [0.15, 0.2) is 0 Å². The van der Waals surface area contributed by atoms with Crippen molar-refractivity contribution in [2.45, 2.75) is 55.0 Å². The molecule has 4 heteroatoms. The van der Waals surface area contributed by atoms with Gasteiger partial charge in [0.25, 0.3) is 0 Å². The summed E-state index contributed by atoms with van der Waals surface area (Å²) in [7, 11) is 0. The van der Waals surface area contributed by atoms with Gasteiger partial charge in [-0.25, -0.2) is 4.39 Å². The first-order chi connectivity index (χ1) is 10.2. The van der Waals surface area contributed by atoms with E-state index in [4.69, 9.17) is 0 Å². The lowest BCUT2D eigenvalue weighted by Crippen LogP contribution is -2.52. The molecule has 2 nitrogen and oxygen atoms in total. The van der Waals surface area contributed by atoms with Gasteiger partial charge in [-0.15, -0.1) is 11.8 Å². The summed E-state index contributed by atoms with van der Waals surface area (Å²) >= 11 is 1.72. The summed E-state index contributed by atoms with van der Waals surface area (Å²) in [6, 6.07) is 7.44. The third kappa shape index (κ3) is 3.79. The van der Waals surface area contributed by atoms with Gasteiger partial charge in [0, 0.05) is 16.5 Å². The molecule has 116 valence electrons. The molecule has 0 heterocycles. The van der Waals surface area contributed by atoms with Crippen LogP contribution in [0.25, 0.3) is 0 Å². The quantitative estimate of drug-likeness (QED) is 0.755. The van der Waals surface area contributed by atoms with Gasteiger partial charge in [0.05, 0.1) is 6.61 Å². The predicted molar refractivity (Wildman–Crippen MR) is 85.1 cm³/mol. The molecule has 0 aliphatic heterocycles. The van der Waals surface area contributed by atoms with E-state index in [9.17, 15) is 9.50 Å². The molecule has 2 atom stereocenters. The van der Waals surface area contributed by atoms with Gasteiger partial charge in [-0.3, -0.25) is 0 Å². The number of rotatable bonds is 7. The minimum atomic E-state index is -0.166. The Morgan fingerprint density at radius 1 is 1.33 bits per heavy atom. The van der Waals surface area contributed by atoms with Crippen LogP contribution in [0.5, 0.6) is 0 Å². The molecule has 2 N–H and O–H groups in total. The Morgan fingerprint density at radius 2 is 2.19 bits per heavy atom. The maximum Gasteiger partial charge on any atom is 0.124 e. The molecule has 0 spiro atoms. The van der Waals surface area contributed by atoms with Crippen LogP contribution in [0.15, 0.2) is 29.2 Å². The van der Waals surface area contributed by atoms with E-state index in [1.165, 1.54) is 31.7 Å². The third-order valence-electron chi connectivity index (χ3n) is 4.84. The Kier molecular flexibility index (Phi) is 4.87. The Hall–Kier alpha value is -0.580. The molecule has 1 aromatic rings. The van der Waals surface area contributed by atoms with Gasteiger partial charge in [-0.2, -0.15) is 0 Å². The average molecular weight is 309 g/mol. The molecule has 2 saturated carbocycles. The summed E-state index contributed by atoms with van der Waals surface area (Å²) in [6.45, 7) is 0.249. The Bertz CT molecular complexity index is 480. The molecule has 0 saturated heterocycles. The summed E-state index contributed by atoms with van der Waals surface area (Å²) < 4.78 is 13.2. The molecule has 0 bridgehead atoms. The van der Waals surface area contributed by atoms with Gasteiger partial charge in [-0.1, -0.05) is 12.5 Å². The second-order valence-electron chi connectivity index (χ2n) is 6.42. The Balaban J connectivity index is 1.53. The van der Waals surface area contributed by atoms with Crippen molar-refractivity contribution in [2.24, 2.45) is 5.92 Å². The normalized spacial score (nSPS) is 29.0. The van der Waals surface area contributed by atoms with E-state index in [0.717, 1.165) is 23.5 Å². The number of halogens is 1. The predicted octanol–water partition coefficient (Wildman–Crippen LogP) is 3.59. The molecular weight excluding hydrogens is 285 g/mol. The second kappa shape index (κ2) is 6.67. The van der Waals surface area contributed by atoms with E-state index in [1.807, 2.05) is 6.07 Å². The lowest BCUT2D eigenvalue weighted by Gasteiger charge is -2.35. The number of aliphatic hydroxyl groups excluding tert-OH is 1. The highest BCUT2D eigenvalue weighted by Crippen LogP contribution is 2.41. The standard InChI is InChI=1S/C17H24FNOS/c18-14-4-1-5-16(11-14)21-10-8-13-3-2-9-17(13,12-20)19-15-6-7-15/h1,4-5,11,13,15,19-20H,2-3,6-10,12H2. The van der Waals surface area contributed by atoms with E-state index < -0.39 is 0 Å². The smallest absolute Gasteiger partial charge is 0.124 e. The van der Waals surface area contributed by atoms with Crippen molar-refractivity contribution >= 4 is 11.8 Å². The molecule has 0 radical (unpaired) electrons. The van der Waals surface area contributed by atoms with Gasteiger partial charge < -0.3 is 10.4 Å². The van der Waals surface area contributed by atoms with Crippen LogP contribution in [0.4, 0.5) is 4.39 Å². The van der Waals surface area contributed by atoms with Crippen LogP contribution in [-0.4, -0.2) is 29.0 Å². The van der Waals surface area contributed by atoms with Gasteiger partial charge in [-0.05, 0) is 62.0 Å². The first kappa shape index (κ1) is 15.3. The lowest BCUT2D eigenvalue weighted by molar-refractivity contribution is 0.120. The Morgan fingerprint density at radius 3 is 2.90 bits per heavy atom. The zero-order valence-electron chi connectivity index (χ0n) is 12.4. The summed E-state index contributed by atoms with van der Waals surface area (Å²) in [5.74, 6) is 1.37. The highest BCUT2D eigenvalue weighted by Gasteiger charge is 2.44. The molecular formula is C17H24FNOS. The van der Waals surface area contributed by atoms with E-state index >= 15 is 0 Å². The van der Waals surface area contributed by atoms with Crippen LogP contribution >= 0.6 is 11.8 Å². The first-order valence-corrected chi connectivity index (χ1v) is 8.97. The zero-order valence-corrected chi connectivity index (χ0v) is 13.2. The molecule has 2 aliphatic rings. The van der Waals surface area contributed by atoms with Crippen molar-refractivity contribution in [1.29, 1.82) is 0 Å². The monoisotopic (exact) mass is 309 g/mol. The SMILES string of the molecule is OCC1(NC2CC2)CCCC1CCSc1cccc(F)c1. The molecule has 21 heavy (non-hydrogen) atoms. The number of aliphatic hydroxyl groups is 1. The summed E-state index contributed by atoms with van der Waals surface area (Å²) in [4.78, 5) is 0.998. The van der Waals surface area contributed by atoms with Crippen molar-refractivity contribution in [1.82, 2.24) is 5.32 Å². The highest BCUT2D eigenvalue weighted by molar-refractivity contribution is 7.99. The fourth-order valence-electron chi connectivity index (χ4n) is 3.52. The number of hydrogen-bond acceptors (Lipinski definition) is 3. The fourth-order valence-corrected chi connectivity index (χ4v) is 4.53. The zero-order chi connectivity index (χ0) is 14.7. The van der Waals surface area contributed by atoms with Crippen LogP contribution in [0.3, 0.4) is 0 Å². The number of benzene rings is 1. The highest BCUT2D eigenvalue weighted by atomic mass is 32.2. The van der Waals surface area contributed by atoms with Crippen molar-refractivity contribution in [3.05, 3.63) is 30.1 Å². The van der Waals surface area contributed by atoms with Crippen molar-refractivity contribution in [2.75, 3.05) is 12.4 Å². The largest absolute Gasteiger partial charge is 0.394 e. The van der Waals surface area contributed by atoms with Gasteiger partial charge >= 0.3 is 0 Å². The maximum absolute atomic E-state index is 13.2. The van der Waals surface area contributed by atoms with Crippen molar-refractivity contribution < 1.29 is 9.50 Å². The molecule has 1 aromatic carbocycles. The number of nitrogens with one attached hydrogen (secondary N) is 1. The van der Waals surface area contributed by atoms with E-state index in [1.54, 1.807) is 23.9 Å². The van der Waals surface area contributed by atoms with Crippen molar-refractivity contribution in [3.8, 4) is 0 Å². The molecule has 2 unspecified atom stereocenters. The molecule has 3 rings (SSSR count). The van der Waals surface area contributed by atoms with Crippen LogP contribution in [0.2, 0.25) is 0 Å². The molecule has 2 aliphatic carbocycles. The maximum atomic E-state index is 13.2. The number of thioether (sulfide) groups is 1. The molecule has 2 fully saturated rings. The minimum absolute atomic E-state index is 0.0519.